The van der Waals surface area contributed by atoms with Crippen LogP contribution in [0.4, 0.5) is 0 Å². The summed E-state index contributed by atoms with van der Waals surface area (Å²) in [6, 6.07) is 0. The highest BCUT2D eigenvalue weighted by atomic mass is 16.4. The van der Waals surface area contributed by atoms with E-state index in [2.05, 4.69) is 13.2 Å². The predicted octanol–water partition coefficient (Wildman–Crippen LogP) is 1.77. The summed E-state index contributed by atoms with van der Waals surface area (Å²) < 4.78 is 0. The number of carbonyl (C=O) groups excluding carboxylic acids is 1. The topological polar surface area (TPSA) is 57.6 Å². The molecule has 0 heterocycles. The smallest absolute Gasteiger partial charge is 0.300 e. The van der Waals surface area contributed by atoms with Gasteiger partial charge in [0.1, 0.15) is 0 Å². The molecule has 0 aliphatic heterocycles. The van der Waals surface area contributed by atoms with Gasteiger partial charge >= 0.3 is 0 Å². The minimum absolute atomic E-state index is 0.162. The standard InChI is InChI=1S/C6H13NO.C2H4O2.C2H4/c1-4-7(5-2)6(3)8;1-2(3)4;1-2/h4-5H2,1-3H3;1H3,(H,3,4);1-2H2. The summed E-state index contributed by atoms with van der Waals surface area (Å²) in [6.07, 6.45) is 0. The van der Waals surface area contributed by atoms with Crippen molar-refractivity contribution >= 4 is 11.9 Å². The largest absolute Gasteiger partial charge is 0.481 e. The number of hydrogen-bond acceptors (Lipinski definition) is 2. The van der Waals surface area contributed by atoms with Crippen LogP contribution in [0.2, 0.25) is 0 Å². The summed E-state index contributed by atoms with van der Waals surface area (Å²) >= 11 is 0. The first kappa shape index (κ1) is 18.5. The van der Waals surface area contributed by atoms with Gasteiger partial charge in [0.2, 0.25) is 5.91 Å². The van der Waals surface area contributed by atoms with Crippen molar-refractivity contribution < 1.29 is 14.7 Å². The fourth-order valence-corrected chi connectivity index (χ4v) is 0.669. The molecule has 0 fully saturated rings. The zero-order chi connectivity index (χ0) is 12.1. The lowest BCUT2D eigenvalue weighted by Crippen LogP contribution is -2.27. The van der Waals surface area contributed by atoms with Crippen LogP contribution in [0.15, 0.2) is 13.2 Å². The molecule has 0 spiro atoms. The minimum Gasteiger partial charge on any atom is -0.481 e. The number of nitrogens with zero attached hydrogens (tertiary/aromatic N) is 1. The molecule has 1 amide bonds. The van der Waals surface area contributed by atoms with Crippen LogP contribution in [-0.4, -0.2) is 35.0 Å². The average molecular weight is 203 g/mol. The van der Waals surface area contributed by atoms with Crippen LogP contribution in [0.5, 0.6) is 0 Å². The molecule has 4 nitrogen and oxygen atoms in total. The van der Waals surface area contributed by atoms with Gasteiger partial charge in [0.05, 0.1) is 0 Å². The Kier molecular flexibility index (Phi) is 18.7. The summed E-state index contributed by atoms with van der Waals surface area (Å²) in [7, 11) is 0. The number of carboxylic acid groups (broad SMARTS) is 1. The fraction of sp³-hybridized carbons (Fsp3) is 0.600. The van der Waals surface area contributed by atoms with E-state index >= 15 is 0 Å². The van der Waals surface area contributed by atoms with Crippen molar-refractivity contribution in [3.8, 4) is 0 Å². The lowest BCUT2D eigenvalue weighted by Gasteiger charge is -2.14. The van der Waals surface area contributed by atoms with Crippen molar-refractivity contribution in [1.82, 2.24) is 4.90 Å². The van der Waals surface area contributed by atoms with Gasteiger partial charge < -0.3 is 10.0 Å². The van der Waals surface area contributed by atoms with Crippen LogP contribution in [0, 0.1) is 0 Å². The van der Waals surface area contributed by atoms with Crippen LogP contribution >= 0.6 is 0 Å². The maximum atomic E-state index is 10.5. The number of aliphatic carboxylic acids is 1. The molecule has 0 bridgehead atoms. The Hall–Kier alpha value is -1.32. The molecule has 0 saturated carbocycles. The van der Waals surface area contributed by atoms with Crippen LogP contribution in [0.1, 0.15) is 27.7 Å². The van der Waals surface area contributed by atoms with Gasteiger partial charge in [-0.05, 0) is 13.8 Å². The normalized spacial score (nSPS) is 7.14. The quantitative estimate of drug-likeness (QED) is 0.696. The van der Waals surface area contributed by atoms with Gasteiger partial charge in [0.15, 0.2) is 0 Å². The number of amides is 1. The van der Waals surface area contributed by atoms with E-state index in [1.54, 1.807) is 11.8 Å². The van der Waals surface area contributed by atoms with Crippen molar-refractivity contribution in [2.45, 2.75) is 27.7 Å². The third-order valence-electron chi connectivity index (χ3n) is 1.21. The summed E-state index contributed by atoms with van der Waals surface area (Å²) in [5.41, 5.74) is 0. The second-order valence-corrected chi connectivity index (χ2v) is 2.21. The molecular formula is C10H21NO3. The Morgan fingerprint density at radius 3 is 1.36 bits per heavy atom. The number of carboxylic acids is 1. The van der Waals surface area contributed by atoms with E-state index in [-0.39, 0.29) is 5.91 Å². The summed E-state index contributed by atoms with van der Waals surface area (Å²) in [5.74, 6) is -0.671. The first-order valence-electron chi connectivity index (χ1n) is 4.40. The molecule has 0 aliphatic carbocycles. The molecular weight excluding hydrogens is 182 g/mol. The monoisotopic (exact) mass is 203 g/mol. The van der Waals surface area contributed by atoms with Crippen LogP contribution in [0.3, 0.4) is 0 Å². The van der Waals surface area contributed by atoms with Crippen LogP contribution in [-0.2, 0) is 9.59 Å². The first-order valence-corrected chi connectivity index (χ1v) is 4.40. The Morgan fingerprint density at radius 2 is 1.36 bits per heavy atom. The Bertz CT molecular complexity index is 149. The molecule has 0 aliphatic rings. The van der Waals surface area contributed by atoms with Crippen molar-refractivity contribution in [2.24, 2.45) is 0 Å². The van der Waals surface area contributed by atoms with Gasteiger partial charge in [-0.25, -0.2) is 0 Å². The maximum absolute atomic E-state index is 10.5. The van der Waals surface area contributed by atoms with Crippen LogP contribution < -0.4 is 0 Å². The molecule has 0 saturated heterocycles. The van der Waals surface area contributed by atoms with Crippen molar-refractivity contribution in [3.05, 3.63) is 13.2 Å². The van der Waals surface area contributed by atoms with E-state index in [9.17, 15) is 4.79 Å². The first-order chi connectivity index (χ1) is 6.45. The number of rotatable bonds is 2. The average Bonchev–Trinajstić information content (AvgIpc) is 2.08. The van der Waals surface area contributed by atoms with Crippen molar-refractivity contribution in [3.63, 3.8) is 0 Å². The van der Waals surface area contributed by atoms with Crippen LogP contribution in [0.25, 0.3) is 0 Å². The highest BCUT2D eigenvalue weighted by Crippen LogP contribution is 1.84. The molecule has 0 aromatic heterocycles. The molecule has 0 aromatic rings. The van der Waals surface area contributed by atoms with Gasteiger partial charge in [0.25, 0.3) is 5.97 Å². The van der Waals surface area contributed by atoms with E-state index in [0.29, 0.717) is 0 Å². The molecule has 0 unspecified atom stereocenters. The molecule has 0 rings (SSSR count). The molecule has 0 atom stereocenters. The zero-order valence-corrected chi connectivity index (χ0v) is 9.54. The van der Waals surface area contributed by atoms with E-state index in [0.717, 1.165) is 20.0 Å². The lowest BCUT2D eigenvalue weighted by molar-refractivity contribution is -0.134. The predicted molar refractivity (Wildman–Crippen MR) is 58.2 cm³/mol. The Labute approximate surface area is 86.2 Å². The lowest BCUT2D eigenvalue weighted by atomic mass is 10.5. The Balaban J connectivity index is -0.000000170. The van der Waals surface area contributed by atoms with Gasteiger partial charge in [-0.2, -0.15) is 0 Å². The van der Waals surface area contributed by atoms with E-state index in [1.807, 2.05) is 13.8 Å². The second-order valence-electron chi connectivity index (χ2n) is 2.21. The molecule has 4 heteroatoms. The Morgan fingerprint density at radius 1 is 1.14 bits per heavy atom. The molecule has 84 valence electrons. The molecule has 0 aromatic carbocycles. The third-order valence-corrected chi connectivity index (χ3v) is 1.21. The molecule has 1 N–H and O–H groups in total. The molecule has 14 heavy (non-hydrogen) atoms. The maximum Gasteiger partial charge on any atom is 0.300 e. The van der Waals surface area contributed by atoms with E-state index in [1.165, 1.54) is 0 Å². The second kappa shape index (κ2) is 14.2. The minimum atomic E-state index is -0.833. The number of hydrogen-bond donors (Lipinski definition) is 1. The summed E-state index contributed by atoms with van der Waals surface area (Å²) in [6.45, 7) is 14.3. The third kappa shape index (κ3) is 22.4. The summed E-state index contributed by atoms with van der Waals surface area (Å²) in [4.78, 5) is 21.3. The van der Waals surface area contributed by atoms with Crippen molar-refractivity contribution in [2.75, 3.05) is 13.1 Å². The van der Waals surface area contributed by atoms with Gasteiger partial charge in [-0.15, -0.1) is 13.2 Å². The van der Waals surface area contributed by atoms with Gasteiger partial charge in [0, 0.05) is 26.9 Å². The highest BCUT2D eigenvalue weighted by Gasteiger charge is 1.99. The number of carbonyl (C=O) groups is 2. The zero-order valence-electron chi connectivity index (χ0n) is 9.54. The fourth-order valence-electron chi connectivity index (χ4n) is 0.669. The van der Waals surface area contributed by atoms with E-state index < -0.39 is 5.97 Å². The van der Waals surface area contributed by atoms with E-state index in [4.69, 9.17) is 9.90 Å². The highest BCUT2D eigenvalue weighted by molar-refractivity contribution is 5.73. The molecule has 0 radical (unpaired) electrons. The van der Waals surface area contributed by atoms with Gasteiger partial charge in [-0.3, -0.25) is 9.59 Å². The van der Waals surface area contributed by atoms with Gasteiger partial charge in [-0.1, -0.05) is 0 Å². The van der Waals surface area contributed by atoms with Crippen molar-refractivity contribution in [1.29, 1.82) is 0 Å². The SMILES string of the molecule is C=C.CC(=O)O.CCN(CC)C(C)=O. The summed E-state index contributed by atoms with van der Waals surface area (Å²) in [5, 5.41) is 7.42.